The topological polar surface area (TPSA) is 26.0 Å². The van der Waals surface area contributed by atoms with Crippen molar-refractivity contribution in [2.24, 2.45) is 5.73 Å². The molecule has 0 bridgehead atoms. The van der Waals surface area contributed by atoms with Crippen LogP contribution in [0.25, 0.3) is 0 Å². The number of hydrogen-bond donors (Lipinski definition) is 1. The molecule has 1 heterocycles. The molecule has 17 heavy (non-hydrogen) atoms. The second-order valence-electron chi connectivity index (χ2n) is 3.73. The quantitative estimate of drug-likeness (QED) is 0.732. The molecule has 90 valence electrons. The molecular formula is C12H10Cl2INS. The van der Waals surface area contributed by atoms with Crippen molar-refractivity contribution in [2.75, 3.05) is 0 Å². The fourth-order valence-corrected chi connectivity index (χ4v) is 3.40. The van der Waals surface area contributed by atoms with Crippen molar-refractivity contribution in [1.82, 2.24) is 0 Å². The maximum Gasteiger partial charge on any atom is 0.0656 e. The summed E-state index contributed by atoms with van der Waals surface area (Å²) in [5, 5.41) is 3.50. The normalized spacial score (nSPS) is 12.7. The van der Waals surface area contributed by atoms with E-state index < -0.39 is 0 Å². The van der Waals surface area contributed by atoms with Crippen LogP contribution in [0.3, 0.4) is 0 Å². The van der Waals surface area contributed by atoms with Crippen LogP contribution in [0.2, 0.25) is 10.0 Å². The lowest BCUT2D eigenvalue weighted by Crippen LogP contribution is -2.12. The summed E-state index contributed by atoms with van der Waals surface area (Å²) in [4.78, 5) is 0. The van der Waals surface area contributed by atoms with Gasteiger partial charge in [0.2, 0.25) is 0 Å². The van der Waals surface area contributed by atoms with E-state index in [2.05, 4.69) is 34.0 Å². The van der Waals surface area contributed by atoms with Crippen molar-refractivity contribution in [2.45, 2.75) is 12.5 Å². The number of hydrogen-bond acceptors (Lipinski definition) is 2. The Hall–Kier alpha value is 0.190. The van der Waals surface area contributed by atoms with Crippen LogP contribution >= 0.6 is 57.1 Å². The van der Waals surface area contributed by atoms with E-state index in [9.17, 15) is 0 Å². The van der Waals surface area contributed by atoms with Gasteiger partial charge in [-0.1, -0.05) is 23.2 Å². The highest BCUT2D eigenvalue weighted by atomic mass is 127. The first-order valence-electron chi connectivity index (χ1n) is 4.99. The summed E-state index contributed by atoms with van der Waals surface area (Å²) < 4.78 is 1.24. The third kappa shape index (κ3) is 3.58. The molecule has 0 amide bonds. The van der Waals surface area contributed by atoms with Crippen LogP contribution in [-0.4, -0.2) is 0 Å². The average Bonchev–Trinajstić information content (AvgIpc) is 2.70. The van der Waals surface area contributed by atoms with E-state index in [4.69, 9.17) is 28.9 Å². The van der Waals surface area contributed by atoms with E-state index >= 15 is 0 Å². The van der Waals surface area contributed by atoms with Crippen molar-refractivity contribution >= 4 is 57.1 Å². The molecule has 0 aliphatic rings. The van der Waals surface area contributed by atoms with Gasteiger partial charge in [-0.25, -0.2) is 0 Å². The molecule has 1 aromatic heterocycles. The van der Waals surface area contributed by atoms with Gasteiger partial charge in [0.05, 0.1) is 2.88 Å². The van der Waals surface area contributed by atoms with Crippen LogP contribution in [0, 0.1) is 2.88 Å². The summed E-state index contributed by atoms with van der Waals surface area (Å²) in [7, 11) is 0. The Morgan fingerprint density at radius 1 is 1.29 bits per heavy atom. The Balaban J connectivity index is 2.18. The molecule has 0 aliphatic carbocycles. The SMILES string of the molecule is NC(Cc1cc(Cl)ccc1Cl)c1csc(I)c1. The molecule has 5 heteroatoms. The van der Waals surface area contributed by atoms with Crippen LogP contribution < -0.4 is 5.73 Å². The number of thiophene rings is 1. The predicted molar refractivity (Wildman–Crippen MR) is 84.1 cm³/mol. The summed E-state index contributed by atoms with van der Waals surface area (Å²) >= 11 is 16.1. The van der Waals surface area contributed by atoms with Gasteiger partial charge in [0.1, 0.15) is 0 Å². The van der Waals surface area contributed by atoms with E-state index in [1.807, 2.05) is 12.1 Å². The molecule has 0 radical (unpaired) electrons. The zero-order chi connectivity index (χ0) is 12.4. The van der Waals surface area contributed by atoms with Crippen molar-refractivity contribution in [3.05, 3.63) is 53.7 Å². The first-order chi connectivity index (χ1) is 8.06. The summed E-state index contributed by atoms with van der Waals surface area (Å²) in [5.74, 6) is 0. The lowest BCUT2D eigenvalue weighted by atomic mass is 10.0. The van der Waals surface area contributed by atoms with Crippen molar-refractivity contribution in [3.63, 3.8) is 0 Å². The van der Waals surface area contributed by atoms with Gasteiger partial charge >= 0.3 is 0 Å². The lowest BCUT2D eigenvalue weighted by Gasteiger charge is -2.11. The number of nitrogens with two attached hydrogens (primary N) is 1. The monoisotopic (exact) mass is 397 g/mol. The van der Waals surface area contributed by atoms with E-state index in [1.165, 1.54) is 2.88 Å². The highest BCUT2D eigenvalue weighted by Gasteiger charge is 2.11. The van der Waals surface area contributed by atoms with E-state index in [1.54, 1.807) is 17.4 Å². The Bertz CT molecular complexity index is 527. The van der Waals surface area contributed by atoms with Crippen molar-refractivity contribution < 1.29 is 0 Å². The first-order valence-corrected chi connectivity index (χ1v) is 7.71. The zero-order valence-corrected chi connectivity index (χ0v) is 13.3. The molecule has 0 saturated carbocycles. The molecule has 0 aliphatic heterocycles. The molecule has 1 aromatic carbocycles. The van der Waals surface area contributed by atoms with E-state index in [-0.39, 0.29) is 6.04 Å². The second kappa shape index (κ2) is 5.89. The summed E-state index contributed by atoms with van der Waals surface area (Å²) in [5.41, 5.74) is 8.30. The molecule has 2 rings (SSSR count). The fourth-order valence-electron chi connectivity index (χ4n) is 1.57. The molecule has 0 spiro atoms. The van der Waals surface area contributed by atoms with Crippen LogP contribution in [-0.2, 0) is 6.42 Å². The molecule has 1 nitrogen and oxygen atoms in total. The first kappa shape index (κ1) is 13.6. The van der Waals surface area contributed by atoms with Gasteiger partial charge < -0.3 is 5.73 Å². The molecular weight excluding hydrogens is 388 g/mol. The maximum absolute atomic E-state index is 6.16. The van der Waals surface area contributed by atoms with E-state index in [0.29, 0.717) is 11.4 Å². The van der Waals surface area contributed by atoms with Gasteiger partial charge in [-0.05, 0) is 69.8 Å². The maximum atomic E-state index is 6.16. The molecule has 1 atom stereocenters. The Labute approximate surface area is 128 Å². The largest absolute Gasteiger partial charge is 0.324 e. The molecule has 2 N–H and O–H groups in total. The molecule has 2 aromatic rings. The lowest BCUT2D eigenvalue weighted by molar-refractivity contribution is 0.725. The van der Waals surface area contributed by atoms with Crippen molar-refractivity contribution in [3.8, 4) is 0 Å². The standard InChI is InChI=1S/C12H10Cl2INS/c13-9-1-2-10(14)7(3-9)4-11(16)8-5-12(15)17-6-8/h1-3,5-6,11H,4,16H2. The number of halogens is 3. The van der Waals surface area contributed by atoms with Gasteiger partial charge in [0.15, 0.2) is 0 Å². The molecule has 0 saturated heterocycles. The summed E-state index contributed by atoms with van der Waals surface area (Å²) in [6, 6.07) is 7.54. The second-order valence-corrected chi connectivity index (χ2v) is 7.38. The average molecular weight is 398 g/mol. The van der Waals surface area contributed by atoms with Gasteiger partial charge in [0, 0.05) is 16.1 Å². The highest BCUT2D eigenvalue weighted by molar-refractivity contribution is 14.1. The number of rotatable bonds is 3. The minimum Gasteiger partial charge on any atom is -0.324 e. The van der Waals surface area contributed by atoms with Crippen LogP contribution in [0.5, 0.6) is 0 Å². The fraction of sp³-hybridized carbons (Fsp3) is 0.167. The zero-order valence-electron chi connectivity index (χ0n) is 8.79. The predicted octanol–water partition coefficient (Wildman–Crippen LogP) is 4.90. The van der Waals surface area contributed by atoms with Gasteiger partial charge in [-0.15, -0.1) is 11.3 Å². The van der Waals surface area contributed by atoms with Gasteiger partial charge in [-0.2, -0.15) is 0 Å². The number of benzene rings is 1. The van der Waals surface area contributed by atoms with Gasteiger partial charge in [0.25, 0.3) is 0 Å². The van der Waals surface area contributed by atoms with Crippen LogP contribution in [0.1, 0.15) is 17.2 Å². The Morgan fingerprint density at radius 2 is 2.06 bits per heavy atom. The van der Waals surface area contributed by atoms with E-state index in [0.717, 1.165) is 16.1 Å². The minimum absolute atomic E-state index is 0.0364. The molecule has 1 unspecified atom stereocenters. The van der Waals surface area contributed by atoms with Gasteiger partial charge in [-0.3, -0.25) is 0 Å². The van der Waals surface area contributed by atoms with Crippen LogP contribution in [0.15, 0.2) is 29.6 Å². The van der Waals surface area contributed by atoms with Crippen molar-refractivity contribution in [1.29, 1.82) is 0 Å². The summed E-state index contributed by atoms with van der Waals surface area (Å²) in [6.07, 6.45) is 0.701. The third-order valence-electron chi connectivity index (χ3n) is 2.46. The summed E-state index contributed by atoms with van der Waals surface area (Å²) in [6.45, 7) is 0. The third-order valence-corrected chi connectivity index (χ3v) is 4.87. The highest BCUT2D eigenvalue weighted by Crippen LogP contribution is 2.27. The molecule has 0 fully saturated rings. The van der Waals surface area contributed by atoms with Crippen LogP contribution in [0.4, 0.5) is 0 Å². The Kier molecular flexibility index (Phi) is 4.72. The minimum atomic E-state index is -0.0364. The Morgan fingerprint density at radius 3 is 2.71 bits per heavy atom. The smallest absolute Gasteiger partial charge is 0.0656 e.